The minimum atomic E-state index is -2.08. The first-order valence-corrected chi connectivity index (χ1v) is 15.1. The second kappa shape index (κ2) is 8.01. The zero-order chi connectivity index (χ0) is 25.3. The highest BCUT2D eigenvalue weighted by atomic mass is 35.5. The molecule has 0 amide bonds. The lowest BCUT2D eigenvalue weighted by atomic mass is 9.86. The van der Waals surface area contributed by atoms with E-state index in [0.717, 1.165) is 10.8 Å². The van der Waals surface area contributed by atoms with Crippen LogP contribution < -0.4 is 15.5 Å². The number of alkyl halides is 1. The van der Waals surface area contributed by atoms with E-state index in [-0.39, 0.29) is 36.3 Å². The number of cyclic esters (lactones) is 1. The van der Waals surface area contributed by atoms with Gasteiger partial charge in [-0.2, -0.15) is 0 Å². The fraction of sp³-hybridized carbons (Fsp3) is 0.360. The van der Waals surface area contributed by atoms with Crippen LogP contribution in [0.15, 0.2) is 29.1 Å². The molecule has 182 valence electrons. The van der Waals surface area contributed by atoms with E-state index in [4.69, 9.17) is 26.1 Å². The normalized spacial score (nSPS) is 18.6. The number of hydrogen-bond donors (Lipinski definition) is 1. The summed E-state index contributed by atoms with van der Waals surface area (Å²) in [6, 6.07) is 7.27. The standard InChI is InChI=1S/C25H25ClN2O6Si/c1-5-25(32)17-9-18-21-14(10-28(18)23(30)16(17)11-33-24(25)31)8-15-19(34-13(2)29)6-7-20(22(15)27-21)35(3,4)12-26/h6-9,32H,5,10-12H2,1-4H3/t25-/m0/s1. The van der Waals surface area contributed by atoms with Gasteiger partial charge < -0.3 is 19.1 Å². The molecule has 0 bridgehead atoms. The van der Waals surface area contributed by atoms with Gasteiger partial charge >= 0.3 is 11.9 Å². The summed E-state index contributed by atoms with van der Waals surface area (Å²) >= 11 is 6.34. The van der Waals surface area contributed by atoms with Crippen molar-refractivity contribution in [2.45, 2.75) is 52.1 Å². The van der Waals surface area contributed by atoms with Crippen molar-refractivity contribution in [1.82, 2.24) is 9.55 Å². The van der Waals surface area contributed by atoms with Gasteiger partial charge in [0.05, 0.1) is 37.1 Å². The van der Waals surface area contributed by atoms with Gasteiger partial charge in [-0.15, -0.1) is 11.6 Å². The SMILES string of the molecule is CC[C@@]1(O)C(=O)OCc2c1cc1n(c2=O)Cc2cc3c(OC(C)=O)ccc([Si](C)(C)CCl)c3nc2-1. The summed E-state index contributed by atoms with van der Waals surface area (Å²) in [7, 11) is -2.08. The lowest BCUT2D eigenvalue weighted by Gasteiger charge is -2.31. The fourth-order valence-corrected chi connectivity index (χ4v) is 6.85. The Kier molecular flexibility index (Phi) is 5.43. The number of esters is 2. The molecule has 35 heavy (non-hydrogen) atoms. The number of nitrogens with zero attached hydrogens (tertiary/aromatic N) is 2. The topological polar surface area (TPSA) is 108 Å². The quantitative estimate of drug-likeness (QED) is 0.194. The minimum Gasteiger partial charge on any atom is -0.458 e. The number of aliphatic hydroxyl groups is 1. The number of aromatic nitrogens is 2. The van der Waals surface area contributed by atoms with Gasteiger partial charge in [0, 0.05) is 28.9 Å². The number of hydrogen-bond acceptors (Lipinski definition) is 7. The second-order valence-electron chi connectivity index (χ2n) is 9.72. The first-order chi connectivity index (χ1) is 16.5. The Morgan fingerprint density at radius 3 is 2.71 bits per heavy atom. The third kappa shape index (κ3) is 3.44. The Hall–Kier alpha value is -3.01. The van der Waals surface area contributed by atoms with E-state index in [2.05, 4.69) is 13.1 Å². The predicted octanol–water partition coefficient (Wildman–Crippen LogP) is 2.70. The van der Waals surface area contributed by atoms with Gasteiger partial charge in [0.15, 0.2) is 5.60 Å². The first kappa shape index (κ1) is 23.7. The molecule has 1 atom stereocenters. The summed E-state index contributed by atoms with van der Waals surface area (Å²) < 4.78 is 12.2. The number of benzene rings is 1. The van der Waals surface area contributed by atoms with E-state index in [9.17, 15) is 19.5 Å². The Balaban J connectivity index is 1.81. The lowest BCUT2D eigenvalue weighted by Crippen LogP contribution is -2.44. The van der Waals surface area contributed by atoms with Gasteiger partial charge in [-0.3, -0.25) is 9.59 Å². The molecule has 5 rings (SSSR count). The van der Waals surface area contributed by atoms with Gasteiger partial charge in [-0.25, -0.2) is 9.78 Å². The summed E-state index contributed by atoms with van der Waals surface area (Å²) in [5, 5.41) is 12.8. The number of carbonyl (C=O) groups excluding carboxylic acids is 2. The van der Waals surface area contributed by atoms with E-state index in [0.29, 0.717) is 33.5 Å². The molecule has 1 N–H and O–H groups in total. The first-order valence-electron chi connectivity index (χ1n) is 11.4. The molecule has 0 saturated heterocycles. The van der Waals surface area contributed by atoms with Crippen molar-refractivity contribution < 1.29 is 24.2 Å². The minimum absolute atomic E-state index is 0.0745. The van der Waals surface area contributed by atoms with Crippen LogP contribution in [-0.2, 0) is 33.1 Å². The number of fused-ring (bicyclic) bond motifs is 5. The summed E-state index contributed by atoms with van der Waals surface area (Å²) in [6.07, 6.45) is 0.0745. The van der Waals surface area contributed by atoms with Crippen LogP contribution in [0.2, 0.25) is 13.1 Å². The van der Waals surface area contributed by atoms with Crippen LogP contribution in [0.1, 0.15) is 37.0 Å². The Labute approximate surface area is 207 Å². The molecular weight excluding hydrogens is 488 g/mol. The van der Waals surface area contributed by atoms with Crippen molar-refractivity contribution in [2.75, 3.05) is 5.50 Å². The van der Waals surface area contributed by atoms with Crippen LogP contribution >= 0.6 is 11.6 Å². The Bertz CT molecular complexity index is 1500. The molecule has 0 aliphatic carbocycles. The average Bonchev–Trinajstić information content (AvgIpc) is 3.18. The molecule has 0 saturated carbocycles. The van der Waals surface area contributed by atoms with Gasteiger partial charge in [0.2, 0.25) is 0 Å². The molecule has 8 nitrogen and oxygen atoms in total. The number of pyridine rings is 2. The van der Waals surface area contributed by atoms with Crippen LogP contribution in [0.25, 0.3) is 22.3 Å². The summed E-state index contributed by atoms with van der Waals surface area (Å²) in [4.78, 5) is 42.6. The molecule has 0 fully saturated rings. The monoisotopic (exact) mass is 512 g/mol. The van der Waals surface area contributed by atoms with E-state index < -0.39 is 25.6 Å². The third-order valence-electron chi connectivity index (χ3n) is 6.95. The highest BCUT2D eigenvalue weighted by Crippen LogP contribution is 2.39. The predicted molar refractivity (Wildman–Crippen MR) is 134 cm³/mol. The van der Waals surface area contributed by atoms with Crippen molar-refractivity contribution in [1.29, 1.82) is 0 Å². The molecule has 3 aromatic rings. The average molecular weight is 513 g/mol. The molecule has 0 spiro atoms. The zero-order valence-corrected chi connectivity index (χ0v) is 21.7. The molecule has 0 unspecified atom stereocenters. The molecule has 2 aliphatic heterocycles. The van der Waals surface area contributed by atoms with Crippen LogP contribution in [0.4, 0.5) is 0 Å². The Morgan fingerprint density at radius 1 is 1.31 bits per heavy atom. The molecule has 10 heteroatoms. The van der Waals surface area contributed by atoms with Gasteiger partial charge in [-0.05, 0) is 29.8 Å². The third-order valence-corrected chi connectivity index (χ3v) is 11.5. The maximum atomic E-state index is 13.4. The summed E-state index contributed by atoms with van der Waals surface area (Å²) in [5.41, 5.74) is 1.38. The molecule has 0 radical (unpaired) electrons. The highest BCUT2D eigenvalue weighted by Gasteiger charge is 2.45. The van der Waals surface area contributed by atoms with E-state index >= 15 is 0 Å². The van der Waals surface area contributed by atoms with E-state index in [1.54, 1.807) is 23.6 Å². The maximum Gasteiger partial charge on any atom is 0.343 e. The van der Waals surface area contributed by atoms with Crippen LogP contribution in [0, 0.1) is 0 Å². The van der Waals surface area contributed by atoms with Crippen LogP contribution in [0.3, 0.4) is 0 Å². The smallest absolute Gasteiger partial charge is 0.343 e. The van der Waals surface area contributed by atoms with Gasteiger partial charge in [-0.1, -0.05) is 26.1 Å². The van der Waals surface area contributed by atoms with Crippen LogP contribution in [-0.4, -0.2) is 40.2 Å². The van der Waals surface area contributed by atoms with Gasteiger partial charge in [0.25, 0.3) is 5.56 Å². The largest absolute Gasteiger partial charge is 0.458 e. The Morgan fingerprint density at radius 2 is 2.06 bits per heavy atom. The highest BCUT2D eigenvalue weighted by molar-refractivity contribution is 6.95. The molecule has 4 heterocycles. The maximum absolute atomic E-state index is 13.4. The number of rotatable bonds is 4. The molecular formula is C25H25ClN2O6Si. The number of ether oxygens (including phenoxy) is 2. The van der Waals surface area contributed by atoms with Crippen LogP contribution in [0.5, 0.6) is 5.75 Å². The van der Waals surface area contributed by atoms with Crippen molar-refractivity contribution in [3.8, 4) is 17.1 Å². The number of halogens is 1. The van der Waals surface area contributed by atoms with Crippen molar-refractivity contribution in [2.24, 2.45) is 0 Å². The van der Waals surface area contributed by atoms with Crippen molar-refractivity contribution in [3.63, 3.8) is 0 Å². The fourth-order valence-electron chi connectivity index (χ4n) is 4.90. The van der Waals surface area contributed by atoms with E-state index in [1.165, 1.54) is 6.92 Å². The van der Waals surface area contributed by atoms with Crippen molar-refractivity contribution in [3.05, 3.63) is 51.3 Å². The lowest BCUT2D eigenvalue weighted by molar-refractivity contribution is -0.172. The molecule has 1 aromatic carbocycles. The summed E-state index contributed by atoms with van der Waals surface area (Å²) in [5.74, 6) is -0.804. The molecule has 2 aliphatic rings. The van der Waals surface area contributed by atoms with Gasteiger partial charge in [0.1, 0.15) is 12.4 Å². The second-order valence-corrected chi connectivity index (χ2v) is 15.1. The van der Waals surface area contributed by atoms with Crippen molar-refractivity contribution >= 4 is 47.7 Å². The summed E-state index contributed by atoms with van der Waals surface area (Å²) in [6.45, 7) is 7.36. The molecule has 2 aromatic heterocycles. The number of carbonyl (C=O) groups is 2. The van der Waals surface area contributed by atoms with E-state index in [1.807, 2.05) is 12.1 Å². The zero-order valence-electron chi connectivity index (χ0n) is 19.9.